The SMILES string of the molecule is C[C@@H](C(=O)OCC(=O)N1CCC(c2ccccc2)=N1)N1C(=O)c2ccccc2C1=O. The summed E-state index contributed by atoms with van der Waals surface area (Å²) in [5.74, 6) is -2.40. The van der Waals surface area contributed by atoms with Crippen molar-refractivity contribution in [2.75, 3.05) is 13.2 Å². The van der Waals surface area contributed by atoms with Gasteiger partial charge in [0.25, 0.3) is 17.7 Å². The van der Waals surface area contributed by atoms with E-state index in [1.807, 2.05) is 30.3 Å². The molecule has 8 heteroatoms. The van der Waals surface area contributed by atoms with Gasteiger partial charge < -0.3 is 4.74 Å². The minimum Gasteiger partial charge on any atom is -0.454 e. The highest BCUT2D eigenvalue weighted by Crippen LogP contribution is 2.24. The Kier molecular flexibility index (Phi) is 5.14. The van der Waals surface area contributed by atoms with E-state index in [1.54, 1.807) is 12.1 Å². The third kappa shape index (κ3) is 3.47. The number of fused-ring (bicyclic) bond motifs is 1. The Morgan fingerprint density at radius 1 is 1.00 bits per heavy atom. The van der Waals surface area contributed by atoms with Gasteiger partial charge in [0.2, 0.25) is 0 Å². The van der Waals surface area contributed by atoms with Crippen LogP contribution in [0.2, 0.25) is 0 Å². The van der Waals surface area contributed by atoms with Gasteiger partial charge in [-0.15, -0.1) is 0 Å². The van der Waals surface area contributed by atoms with Crippen LogP contribution in [0.4, 0.5) is 0 Å². The fourth-order valence-corrected chi connectivity index (χ4v) is 3.46. The maximum atomic E-state index is 12.5. The normalized spacial score (nSPS) is 16.4. The van der Waals surface area contributed by atoms with Gasteiger partial charge >= 0.3 is 5.97 Å². The quantitative estimate of drug-likeness (QED) is 0.559. The first-order valence-electron chi connectivity index (χ1n) is 9.54. The van der Waals surface area contributed by atoms with Gasteiger partial charge in [-0.3, -0.25) is 19.3 Å². The first-order chi connectivity index (χ1) is 14.5. The van der Waals surface area contributed by atoms with Crippen molar-refractivity contribution in [1.29, 1.82) is 0 Å². The van der Waals surface area contributed by atoms with E-state index < -0.39 is 36.3 Å². The average molecular weight is 405 g/mol. The lowest BCUT2D eigenvalue weighted by Crippen LogP contribution is -2.44. The van der Waals surface area contributed by atoms with Crippen molar-refractivity contribution in [2.24, 2.45) is 5.10 Å². The predicted octanol–water partition coefficient (Wildman–Crippen LogP) is 1.85. The lowest BCUT2D eigenvalue weighted by atomic mass is 10.1. The van der Waals surface area contributed by atoms with Crippen molar-refractivity contribution in [2.45, 2.75) is 19.4 Å². The van der Waals surface area contributed by atoms with Gasteiger partial charge in [-0.1, -0.05) is 42.5 Å². The Morgan fingerprint density at radius 3 is 2.23 bits per heavy atom. The van der Waals surface area contributed by atoms with Crippen LogP contribution in [0.5, 0.6) is 0 Å². The molecule has 0 saturated heterocycles. The number of hydrogen-bond donors (Lipinski definition) is 0. The van der Waals surface area contributed by atoms with Crippen molar-refractivity contribution in [3.8, 4) is 0 Å². The van der Waals surface area contributed by atoms with Crippen LogP contribution in [-0.4, -0.2) is 58.5 Å². The van der Waals surface area contributed by atoms with E-state index in [-0.39, 0.29) is 11.1 Å². The van der Waals surface area contributed by atoms with Crippen LogP contribution in [-0.2, 0) is 14.3 Å². The third-order valence-corrected chi connectivity index (χ3v) is 5.09. The number of carbonyl (C=O) groups is 4. The highest BCUT2D eigenvalue weighted by molar-refractivity contribution is 6.22. The Morgan fingerprint density at radius 2 is 1.60 bits per heavy atom. The number of esters is 1. The second-order valence-electron chi connectivity index (χ2n) is 6.99. The molecule has 30 heavy (non-hydrogen) atoms. The molecule has 0 spiro atoms. The van der Waals surface area contributed by atoms with E-state index in [4.69, 9.17) is 4.74 Å². The Bertz CT molecular complexity index is 1030. The summed E-state index contributed by atoms with van der Waals surface area (Å²) >= 11 is 0. The van der Waals surface area contributed by atoms with Gasteiger partial charge in [-0.05, 0) is 24.6 Å². The number of benzene rings is 2. The molecule has 152 valence electrons. The van der Waals surface area contributed by atoms with Crippen molar-refractivity contribution in [1.82, 2.24) is 9.91 Å². The Balaban J connectivity index is 1.36. The number of nitrogens with zero attached hydrogens (tertiary/aromatic N) is 3. The molecule has 0 fully saturated rings. The molecule has 0 radical (unpaired) electrons. The van der Waals surface area contributed by atoms with Crippen LogP contribution in [0.1, 0.15) is 39.6 Å². The fraction of sp³-hybridized carbons (Fsp3) is 0.227. The smallest absolute Gasteiger partial charge is 0.329 e. The molecule has 8 nitrogen and oxygen atoms in total. The molecule has 0 aromatic heterocycles. The zero-order chi connectivity index (χ0) is 21.3. The summed E-state index contributed by atoms with van der Waals surface area (Å²) in [5, 5.41) is 5.57. The van der Waals surface area contributed by atoms with Gasteiger partial charge in [0.05, 0.1) is 23.4 Å². The number of rotatable bonds is 5. The molecule has 3 amide bonds. The Hall–Kier alpha value is -3.81. The van der Waals surface area contributed by atoms with Crippen LogP contribution in [0.3, 0.4) is 0 Å². The molecule has 2 heterocycles. The maximum Gasteiger partial charge on any atom is 0.329 e. The van der Waals surface area contributed by atoms with Gasteiger partial charge in [-0.2, -0.15) is 5.10 Å². The van der Waals surface area contributed by atoms with Gasteiger partial charge in [-0.25, -0.2) is 9.80 Å². The molecule has 0 saturated carbocycles. The highest BCUT2D eigenvalue weighted by Gasteiger charge is 2.41. The zero-order valence-electron chi connectivity index (χ0n) is 16.3. The molecule has 1 atom stereocenters. The van der Waals surface area contributed by atoms with Crippen LogP contribution >= 0.6 is 0 Å². The molecule has 2 aliphatic rings. The topological polar surface area (TPSA) is 96.3 Å². The number of imide groups is 1. The van der Waals surface area contributed by atoms with E-state index in [9.17, 15) is 19.2 Å². The van der Waals surface area contributed by atoms with Crippen molar-refractivity contribution in [3.63, 3.8) is 0 Å². The summed E-state index contributed by atoms with van der Waals surface area (Å²) in [6.07, 6.45) is 0.606. The third-order valence-electron chi connectivity index (χ3n) is 5.09. The van der Waals surface area contributed by atoms with E-state index in [1.165, 1.54) is 24.1 Å². The number of hydrazone groups is 1. The Labute approximate surface area is 172 Å². The summed E-state index contributed by atoms with van der Waals surface area (Å²) < 4.78 is 5.08. The van der Waals surface area contributed by atoms with Gasteiger partial charge in [0.1, 0.15) is 6.04 Å². The molecule has 0 N–H and O–H groups in total. The summed E-state index contributed by atoms with van der Waals surface area (Å²) in [4.78, 5) is 50.6. The van der Waals surface area contributed by atoms with E-state index in [0.717, 1.165) is 16.2 Å². The van der Waals surface area contributed by atoms with Crippen LogP contribution in [0, 0.1) is 0 Å². The number of amides is 3. The average Bonchev–Trinajstić information content (AvgIpc) is 3.36. The van der Waals surface area contributed by atoms with E-state index in [2.05, 4.69) is 5.10 Å². The molecule has 0 unspecified atom stereocenters. The summed E-state index contributed by atoms with van der Waals surface area (Å²) in [7, 11) is 0. The molecular formula is C22H19N3O5. The molecule has 4 rings (SSSR count). The number of ether oxygens (including phenoxy) is 1. The maximum absolute atomic E-state index is 12.5. The van der Waals surface area contributed by atoms with Crippen LogP contribution in [0.15, 0.2) is 59.7 Å². The van der Waals surface area contributed by atoms with Crippen molar-refractivity contribution >= 4 is 29.4 Å². The monoisotopic (exact) mass is 405 g/mol. The van der Waals surface area contributed by atoms with E-state index in [0.29, 0.717) is 13.0 Å². The summed E-state index contributed by atoms with van der Waals surface area (Å²) in [6.45, 7) is 1.28. The molecule has 2 aromatic carbocycles. The van der Waals surface area contributed by atoms with Crippen LogP contribution < -0.4 is 0 Å². The highest BCUT2D eigenvalue weighted by atomic mass is 16.5. The molecule has 2 aromatic rings. The predicted molar refractivity (Wildman–Crippen MR) is 107 cm³/mol. The first-order valence-corrected chi connectivity index (χ1v) is 9.54. The zero-order valence-corrected chi connectivity index (χ0v) is 16.3. The van der Waals surface area contributed by atoms with Crippen molar-refractivity contribution in [3.05, 3.63) is 71.3 Å². The largest absolute Gasteiger partial charge is 0.454 e. The number of hydrogen-bond acceptors (Lipinski definition) is 6. The first kappa shape index (κ1) is 19.5. The molecule has 2 aliphatic heterocycles. The lowest BCUT2D eigenvalue weighted by Gasteiger charge is -2.21. The van der Waals surface area contributed by atoms with Gasteiger partial charge in [0, 0.05) is 6.42 Å². The summed E-state index contributed by atoms with van der Waals surface area (Å²) in [6, 6.07) is 14.7. The molecule has 0 aliphatic carbocycles. The summed E-state index contributed by atoms with van der Waals surface area (Å²) in [5.41, 5.74) is 2.22. The second kappa shape index (κ2) is 7.90. The van der Waals surface area contributed by atoms with Crippen LogP contribution in [0.25, 0.3) is 0 Å². The second-order valence-corrected chi connectivity index (χ2v) is 6.99. The standard InChI is InChI=1S/C22H19N3O5/c1-14(25-20(27)16-9-5-6-10-17(16)21(25)28)22(29)30-13-19(26)24-12-11-18(23-24)15-7-3-2-4-8-15/h2-10,14H,11-13H2,1H3/t14-/m0/s1. The van der Waals surface area contributed by atoms with Crippen molar-refractivity contribution < 1.29 is 23.9 Å². The molecule has 0 bridgehead atoms. The minimum atomic E-state index is -1.15. The van der Waals surface area contributed by atoms with Gasteiger partial charge in [0.15, 0.2) is 6.61 Å². The van der Waals surface area contributed by atoms with E-state index >= 15 is 0 Å². The number of carbonyl (C=O) groups excluding carboxylic acids is 4. The minimum absolute atomic E-state index is 0.248. The molecular weight excluding hydrogens is 386 g/mol. The fourth-order valence-electron chi connectivity index (χ4n) is 3.46. The lowest BCUT2D eigenvalue weighted by molar-refractivity contribution is -0.154.